The summed E-state index contributed by atoms with van der Waals surface area (Å²) in [5, 5.41) is 9.09. The van der Waals surface area contributed by atoms with Crippen LogP contribution in [0.25, 0.3) is 0 Å². The van der Waals surface area contributed by atoms with Gasteiger partial charge in [0, 0.05) is 29.8 Å². The van der Waals surface area contributed by atoms with Crippen LogP contribution in [-0.4, -0.2) is 36.3 Å². The van der Waals surface area contributed by atoms with Crippen LogP contribution in [0.1, 0.15) is 36.1 Å². The summed E-state index contributed by atoms with van der Waals surface area (Å²) in [4.78, 5) is 3.94. The second kappa shape index (κ2) is 12.6. The zero-order chi connectivity index (χ0) is 20.2. The van der Waals surface area contributed by atoms with Crippen molar-refractivity contribution in [2.45, 2.75) is 38.6 Å². The van der Waals surface area contributed by atoms with Crippen LogP contribution in [0.5, 0.6) is 5.75 Å². The molecule has 0 aliphatic carbocycles. The molecule has 6 heteroatoms. The molecule has 0 amide bonds. The summed E-state index contributed by atoms with van der Waals surface area (Å²) in [7, 11) is 0. The Morgan fingerprint density at radius 2 is 2.00 bits per heavy atom. The number of piperidine rings is 1. The number of ether oxygens (including phenoxy) is 1. The van der Waals surface area contributed by atoms with E-state index in [0.717, 1.165) is 31.7 Å². The van der Waals surface area contributed by atoms with E-state index >= 15 is 0 Å². The maximum absolute atomic E-state index is 5.86. The van der Waals surface area contributed by atoms with Crippen LogP contribution in [0, 0.1) is 0 Å². The molecule has 2 N–H and O–H groups in total. The third-order valence-electron chi connectivity index (χ3n) is 4.89. The average molecular weight is 430 g/mol. The molecule has 0 radical (unpaired) electrons. The fraction of sp³-hybridized carbons (Fsp3) is 0.435. The Bertz CT molecular complexity index is 754. The van der Waals surface area contributed by atoms with Gasteiger partial charge in [-0.15, -0.1) is 11.3 Å². The molecule has 2 heterocycles. The van der Waals surface area contributed by atoms with E-state index in [1.807, 2.05) is 18.3 Å². The lowest BCUT2D eigenvalue weighted by Gasteiger charge is -2.25. The van der Waals surface area contributed by atoms with E-state index < -0.39 is 0 Å². The monoisotopic (exact) mass is 429 g/mol. The molecule has 0 spiro atoms. The lowest BCUT2D eigenvalue weighted by Crippen LogP contribution is -2.33. The van der Waals surface area contributed by atoms with Crippen LogP contribution >= 0.6 is 23.6 Å². The maximum Gasteiger partial charge on any atom is 0.170 e. The first-order valence-electron chi connectivity index (χ1n) is 10.5. The summed E-state index contributed by atoms with van der Waals surface area (Å²) >= 11 is 7.09. The molecule has 1 aromatic heterocycles. The number of hydrogen-bond donors (Lipinski definition) is 2. The lowest BCUT2D eigenvalue weighted by atomic mass is 10.1. The van der Waals surface area contributed by atoms with E-state index in [1.165, 1.54) is 42.8 Å². The van der Waals surface area contributed by atoms with Gasteiger partial charge in [0.25, 0.3) is 0 Å². The van der Waals surface area contributed by atoms with Crippen LogP contribution in [0.2, 0.25) is 0 Å². The summed E-state index contributed by atoms with van der Waals surface area (Å²) in [5.74, 6) is 0.987. The van der Waals surface area contributed by atoms with E-state index in [1.54, 1.807) is 11.3 Å². The second-order valence-electron chi connectivity index (χ2n) is 7.26. The summed E-state index contributed by atoms with van der Waals surface area (Å²) in [6.07, 6.45) is 9.79. The molecule has 1 aromatic carbocycles. The smallest absolute Gasteiger partial charge is 0.170 e. The molecule has 1 aliphatic heterocycles. The standard InChI is InChI=1S/C23H31N3OS2/c28-23(25-13-11-20-9-3-1-4-10-20)24-12-5-8-16-27-21-17-22(29-19-21)18-26-14-6-2-7-15-26/h1,3-5,9-10,12,17,19H,2,6-8,11,13-16,18H2,(H2,24,25,28)/b12-5-. The molecule has 1 aliphatic rings. The predicted molar refractivity (Wildman–Crippen MR) is 127 cm³/mol. The predicted octanol–water partition coefficient (Wildman–Crippen LogP) is 4.72. The number of thiocarbonyl (C=S) groups is 1. The number of likely N-dealkylation sites (tertiary alicyclic amines) is 1. The Morgan fingerprint density at radius 3 is 2.83 bits per heavy atom. The van der Waals surface area contributed by atoms with Gasteiger partial charge >= 0.3 is 0 Å². The van der Waals surface area contributed by atoms with Crippen LogP contribution in [0.3, 0.4) is 0 Å². The zero-order valence-corrected chi connectivity index (χ0v) is 18.6. The van der Waals surface area contributed by atoms with E-state index in [4.69, 9.17) is 17.0 Å². The maximum atomic E-state index is 5.86. The molecule has 0 bridgehead atoms. The van der Waals surface area contributed by atoms with Crippen molar-refractivity contribution in [1.82, 2.24) is 15.5 Å². The number of hydrogen-bond acceptors (Lipinski definition) is 4. The third-order valence-corrected chi connectivity index (χ3v) is 6.05. The molecule has 1 fully saturated rings. The molecular weight excluding hydrogens is 398 g/mol. The van der Waals surface area contributed by atoms with Gasteiger partial charge in [-0.3, -0.25) is 4.90 Å². The first-order chi connectivity index (χ1) is 14.3. The molecule has 0 saturated carbocycles. The van der Waals surface area contributed by atoms with Crippen molar-refractivity contribution >= 4 is 28.7 Å². The van der Waals surface area contributed by atoms with E-state index in [2.05, 4.69) is 51.2 Å². The number of rotatable bonds is 10. The lowest BCUT2D eigenvalue weighted by molar-refractivity contribution is 0.222. The van der Waals surface area contributed by atoms with Crippen molar-refractivity contribution in [3.8, 4) is 5.75 Å². The molecule has 0 unspecified atom stereocenters. The molecule has 156 valence electrons. The molecule has 29 heavy (non-hydrogen) atoms. The minimum Gasteiger partial charge on any atom is -0.492 e. The SMILES string of the molecule is S=C(N/C=C\CCOc1csc(CN2CCCCC2)c1)NCCc1ccccc1. The first-order valence-corrected chi connectivity index (χ1v) is 11.7. The Kier molecular flexibility index (Phi) is 9.50. The van der Waals surface area contributed by atoms with Crippen molar-refractivity contribution < 1.29 is 4.74 Å². The van der Waals surface area contributed by atoms with Crippen LogP contribution in [-0.2, 0) is 13.0 Å². The summed E-state index contributed by atoms with van der Waals surface area (Å²) < 4.78 is 5.86. The normalized spacial score (nSPS) is 14.8. The van der Waals surface area contributed by atoms with Crippen molar-refractivity contribution in [3.63, 3.8) is 0 Å². The fourth-order valence-corrected chi connectivity index (χ4v) is 4.35. The van der Waals surface area contributed by atoms with Crippen molar-refractivity contribution in [2.24, 2.45) is 0 Å². The Hall–Kier alpha value is -1.89. The van der Waals surface area contributed by atoms with Gasteiger partial charge in [-0.05, 0) is 62.4 Å². The van der Waals surface area contributed by atoms with Gasteiger partial charge in [0.2, 0.25) is 0 Å². The molecule has 4 nitrogen and oxygen atoms in total. The number of nitrogens with zero attached hydrogens (tertiary/aromatic N) is 1. The number of thiophene rings is 1. The van der Waals surface area contributed by atoms with E-state index in [-0.39, 0.29) is 0 Å². The number of nitrogens with one attached hydrogen (secondary N) is 2. The molecule has 0 atom stereocenters. The summed E-state index contributed by atoms with van der Waals surface area (Å²) in [6, 6.07) is 12.6. The topological polar surface area (TPSA) is 36.5 Å². The summed E-state index contributed by atoms with van der Waals surface area (Å²) in [6.45, 7) is 5.02. The van der Waals surface area contributed by atoms with Gasteiger partial charge in [-0.1, -0.05) is 42.8 Å². The molecule has 2 aromatic rings. The van der Waals surface area contributed by atoms with Gasteiger partial charge < -0.3 is 15.4 Å². The first kappa shape index (κ1) is 21.8. The second-order valence-corrected chi connectivity index (χ2v) is 8.66. The number of benzene rings is 1. The van der Waals surface area contributed by atoms with Gasteiger partial charge in [0.15, 0.2) is 5.11 Å². The largest absolute Gasteiger partial charge is 0.492 e. The third kappa shape index (κ3) is 8.56. The minimum absolute atomic E-state index is 0.651. The van der Waals surface area contributed by atoms with Crippen molar-refractivity contribution in [1.29, 1.82) is 0 Å². The quantitative estimate of drug-likeness (QED) is 0.422. The van der Waals surface area contributed by atoms with Crippen LogP contribution in [0.15, 0.2) is 54.1 Å². The molecule has 1 saturated heterocycles. The highest BCUT2D eigenvalue weighted by Gasteiger charge is 2.11. The average Bonchev–Trinajstić information content (AvgIpc) is 3.19. The Morgan fingerprint density at radius 1 is 1.17 bits per heavy atom. The van der Waals surface area contributed by atoms with E-state index in [0.29, 0.717) is 11.7 Å². The minimum atomic E-state index is 0.651. The fourth-order valence-electron chi connectivity index (χ4n) is 3.34. The van der Waals surface area contributed by atoms with Gasteiger partial charge in [-0.2, -0.15) is 0 Å². The highest BCUT2D eigenvalue weighted by atomic mass is 32.1. The molecular formula is C23H31N3OS2. The van der Waals surface area contributed by atoms with Crippen LogP contribution in [0.4, 0.5) is 0 Å². The van der Waals surface area contributed by atoms with Gasteiger partial charge in [-0.25, -0.2) is 0 Å². The zero-order valence-electron chi connectivity index (χ0n) is 16.9. The Balaban J connectivity index is 1.23. The van der Waals surface area contributed by atoms with Gasteiger partial charge in [0.05, 0.1) is 6.61 Å². The molecule has 3 rings (SSSR count). The van der Waals surface area contributed by atoms with Crippen molar-refractivity contribution in [3.05, 3.63) is 64.5 Å². The van der Waals surface area contributed by atoms with Gasteiger partial charge in [0.1, 0.15) is 5.75 Å². The highest BCUT2D eigenvalue weighted by molar-refractivity contribution is 7.80. The van der Waals surface area contributed by atoms with E-state index in [9.17, 15) is 0 Å². The highest BCUT2D eigenvalue weighted by Crippen LogP contribution is 2.24. The Labute approximate surface area is 184 Å². The van der Waals surface area contributed by atoms with Crippen LogP contribution < -0.4 is 15.4 Å². The van der Waals surface area contributed by atoms with Crippen molar-refractivity contribution in [2.75, 3.05) is 26.2 Å². The summed E-state index contributed by atoms with van der Waals surface area (Å²) in [5.41, 5.74) is 1.31.